The summed E-state index contributed by atoms with van der Waals surface area (Å²) in [4.78, 5) is 28.1. The average Bonchev–Trinajstić information content (AvgIpc) is 3.29. The number of nitrogens with zero attached hydrogens (tertiary/aromatic N) is 2. The topological polar surface area (TPSA) is 52.7 Å². The molecule has 1 fully saturated rings. The van der Waals surface area contributed by atoms with Gasteiger partial charge < -0.3 is 15.1 Å². The van der Waals surface area contributed by atoms with Gasteiger partial charge in [-0.05, 0) is 30.9 Å². The van der Waals surface area contributed by atoms with Gasteiger partial charge in [-0.3, -0.25) is 9.59 Å². The van der Waals surface area contributed by atoms with Crippen LogP contribution in [0.15, 0.2) is 24.3 Å². The van der Waals surface area contributed by atoms with E-state index in [9.17, 15) is 9.59 Å². The molecule has 0 bridgehead atoms. The molecule has 1 aromatic carbocycles. The Balaban J connectivity index is 2.03. The molecule has 0 spiro atoms. The Morgan fingerprint density at radius 1 is 1.35 bits per heavy atom. The van der Waals surface area contributed by atoms with Crippen LogP contribution in [0.4, 0.5) is 5.69 Å². The van der Waals surface area contributed by atoms with Crippen LogP contribution in [0, 0.1) is 5.92 Å². The summed E-state index contributed by atoms with van der Waals surface area (Å²) < 4.78 is 0. The lowest BCUT2D eigenvalue weighted by molar-refractivity contribution is -0.119. The number of amides is 2. The summed E-state index contributed by atoms with van der Waals surface area (Å²) in [6.07, 6.45) is 2.23. The third-order valence-electron chi connectivity index (χ3n) is 4.12. The second-order valence-corrected chi connectivity index (χ2v) is 5.49. The molecule has 0 radical (unpaired) electrons. The van der Waals surface area contributed by atoms with Crippen molar-refractivity contribution in [2.45, 2.75) is 19.0 Å². The van der Waals surface area contributed by atoms with Crippen LogP contribution < -0.4 is 10.2 Å². The standard InChI is InChI=1S/C15H19N3O2/c1-16-13(19)9-18-12-6-4-3-5-11(12)15(20)17(2)14(18)10-7-8-10/h3-6,10,14H,7-9H2,1-2H3,(H,16,19). The molecule has 1 aromatic rings. The average molecular weight is 273 g/mol. The number of carbonyl (C=O) groups is 2. The number of rotatable bonds is 3. The molecule has 106 valence electrons. The van der Waals surface area contributed by atoms with Gasteiger partial charge in [-0.1, -0.05) is 12.1 Å². The fourth-order valence-electron chi connectivity index (χ4n) is 2.94. The predicted octanol–water partition coefficient (Wildman–Crippen LogP) is 1.06. The van der Waals surface area contributed by atoms with Gasteiger partial charge in [0, 0.05) is 14.1 Å². The number of benzene rings is 1. The van der Waals surface area contributed by atoms with Gasteiger partial charge >= 0.3 is 0 Å². The summed E-state index contributed by atoms with van der Waals surface area (Å²) in [5.74, 6) is 0.487. The Labute approximate surface area is 118 Å². The molecule has 1 aliphatic carbocycles. The minimum absolute atomic E-state index is 0.00491. The fraction of sp³-hybridized carbons (Fsp3) is 0.467. The molecule has 1 unspecified atom stereocenters. The van der Waals surface area contributed by atoms with Crippen LogP contribution in [0.5, 0.6) is 0 Å². The van der Waals surface area contributed by atoms with Crippen molar-refractivity contribution in [1.29, 1.82) is 0 Å². The van der Waals surface area contributed by atoms with Crippen LogP contribution >= 0.6 is 0 Å². The summed E-state index contributed by atoms with van der Waals surface area (Å²) in [7, 11) is 3.47. The van der Waals surface area contributed by atoms with Gasteiger partial charge in [0.05, 0.1) is 17.8 Å². The molecule has 3 rings (SSSR count). The first-order chi connectivity index (χ1) is 9.63. The van der Waals surface area contributed by atoms with Crippen molar-refractivity contribution in [2.75, 3.05) is 25.5 Å². The number of carbonyl (C=O) groups excluding carboxylic acids is 2. The van der Waals surface area contributed by atoms with Crippen LogP contribution in [-0.2, 0) is 4.79 Å². The fourth-order valence-corrected chi connectivity index (χ4v) is 2.94. The number of anilines is 1. The molecular weight excluding hydrogens is 254 g/mol. The Morgan fingerprint density at radius 3 is 2.70 bits per heavy atom. The van der Waals surface area contributed by atoms with Crippen LogP contribution in [0.1, 0.15) is 23.2 Å². The minimum atomic E-state index is -0.0341. The monoisotopic (exact) mass is 273 g/mol. The second-order valence-electron chi connectivity index (χ2n) is 5.49. The maximum absolute atomic E-state index is 12.5. The number of likely N-dealkylation sites (N-methyl/N-ethyl adjacent to an activating group) is 1. The van der Waals surface area contributed by atoms with Gasteiger partial charge in [0.1, 0.15) is 6.17 Å². The third kappa shape index (κ3) is 2.03. The van der Waals surface area contributed by atoms with Gasteiger partial charge in [0.15, 0.2) is 0 Å². The van der Waals surface area contributed by atoms with Crippen molar-refractivity contribution in [1.82, 2.24) is 10.2 Å². The summed E-state index contributed by atoms with van der Waals surface area (Å²) in [6, 6.07) is 7.53. The van der Waals surface area contributed by atoms with E-state index < -0.39 is 0 Å². The molecule has 0 aromatic heterocycles. The summed E-state index contributed by atoms with van der Waals surface area (Å²) in [5, 5.41) is 2.66. The second kappa shape index (κ2) is 4.81. The van der Waals surface area contributed by atoms with E-state index >= 15 is 0 Å². The third-order valence-corrected chi connectivity index (χ3v) is 4.12. The van der Waals surface area contributed by atoms with E-state index in [4.69, 9.17) is 0 Å². The SMILES string of the molecule is CNC(=O)CN1c2ccccc2C(=O)N(C)C1C1CC1. The Bertz CT molecular complexity index is 554. The Kier molecular flexibility index (Phi) is 3.12. The van der Waals surface area contributed by atoms with Crippen LogP contribution in [0.3, 0.4) is 0 Å². The molecule has 5 heteroatoms. The largest absolute Gasteiger partial charge is 0.358 e. The van der Waals surface area contributed by atoms with Gasteiger partial charge in [-0.2, -0.15) is 0 Å². The van der Waals surface area contributed by atoms with Crippen molar-refractivity contribution < 1.29 is 9.59 Å². The van der Waals surface area contributed by atoms with Crippen LogP contribution in [0.2, 0.25) is 0 Å². The number of fused-ring (bicyclic) bond motifs is 1. The Morgan fingerprint density at radius 2 is 2.05 bits per heavy atom. The predicted molar refractivity (Wildman–Crippen MR) is 76.5 cm³/mol. The quantitative estimate of drug-likeness (QED) is 0.896. The van der Waals surface area contributed by atoms with Crippen molar-refractivity contribution in [2.24, 2.45) is 5.92 Å². The first-order valence-corrected chi connectivity index (χ1v) is 6.97. The lowest BCUT2D eigenvalue weighted by Crippen LogP contribution is -2.57. The first-order valence-electron chi connectivity index (χ1n) is 6.97. The van der Waals surface area contributed by atoms with E-state index in [0.29, 0.717) is 11.5 Å². The van der Waals surface area contributed by atoms with Crippen molar-refractivity contribution in [3.05, 3.63) is 29.8 Å². The zero-order chi connectivity index (χ0) is 14.3. The summed E-state index contributed by atoms with van der Waals surface area (Å²) in [6.45, 7) is 0.284. The molecule has 0 saturated heterocycles. The molecular formula is C15H19N3O2. The minimum Gasteiger partial charge on any atom is -0.358 e. The first kappa shape index (κ1) is 13.0. The van der Waals surface area contributed by atoms with Gasteiger partial charge in [-0.25, -0.2) is 0 Å². The van der Waals surface area contributed by atoms with E-state index in [1.165, 1.54) is 0 Å². The zero-order valence-electron chi connectivity index (χ0n) is 11.8. The van der Waals surface area contributed by atoms with Gasteiger partial charge in [0.25, 0.3) is 5.91 Å². The molecule has 1 atom stereocenters. The lowest BCUT2D eigenvalue weighted by Gasteiger charge is -2.44. The molecule has 2 aliphatic rings. The number of hydrogen-bond acceptors (Lipinski definition) is 3. The van der Waals surface area contributed by atoms with Gasteiger partial charge in [0.2, 0.25) is 5.91 Å². The van der Waals surface area contributed by atoms with E-state index in [0.717, 1.165) is 18.5 Å². The summed E-state index contributed by atoms with van der Waals surface area (Å²) in [5.41, 5.74) is 1.55. The van der Waals surface area contributed by atoms with Crippen molar-refractivity contribution in [3.8, 4) is 0 Å². The van der Waals surface area contributed by atoms with Crippen molar-refractivity contribution in [3.63, 3.8) is 0 Å². The highest BCUT2D eigenvalue weighted by atomic mass is 16.2. The highest BCUT2D eigenvalue weighted by Gasteiger charge is 2.44. The smallest absolute Gasteiger partial charge is 0.257 e. The molecule has 2 amide bonds. The lowest BCUT2D eigenvalue weighted by atomic mass is 10.0. The van der Waals surface area contributed by atoms with Crippen LogP contribution in [0.25, 0.3) is 0 Å². The Hall–Kier alpha value is -2.04. The maximum atomic E-state index is 12.5. The number of nitrogens with one attached hydrogen (secondary N) is 1. The molecule has 5 nitrogen and oxygen atoms in total. The highest BCUT2D eigenvalue weighted by Crippen LogP contribution is 2.42. The number of hydrogen-bond donors (Lipinski definition) is 1. The highest BCUT2D eigenvalue weighted by molar-refractivity contribution is 6.02. The van der Waals surface area contributed by atoms with Gasteiger partial charge in [-0.15, -0.1) is 0 Å². The van der Waals surface area contributed by atoms with E-state index in [-0.39, 0.29) is 24.5 Å². The molecule has 1 N–H and O–H groups in total. The van der Waals surface area contributed by atoms with Crippen molar-refractivity contribution >= 4 is 17.5 Å². The molecule has 20 heavy (non-hydrogen) atoms. The molecule has 1 aliphatic heterocycles. The zero-order valence-corrected chi connectivity index (χ0v) is 11.8. The van der Waals surface area contributed by atoms with Crippen LogP contribution in [-0.4, -0.2) is 43.5 Å². The molecule has 1 saturated carbocycles. The van der Waals surface area contributed by atoms with E-state index in [1.807, 2.05) is 31.3 Å². The maximum Gasteiger partial charge on any atom is 0.257 e. The number of para-hydroxylation sites is 1. The van der Waals surface area contributed by atoms with E-state index in [2.05, 4.69) is 10.2 Å². The van der Waals surface area contributed by atoms with E-state index in [1.54, 1.807) is 11.9 Å². The normalized spacial score (nSPS) is 21.7. The molecule has 1 heterocycles. The summed E-state index contributed by atoms with van der Waals surface area (Å²) >= 11 is 0.